The summed E-state index contributed by atoms with van der Waals surface area (Å²) < 4.78 is 0. The third-order valence-corrected chi connectivity index (χ3v) is 1.73. The van der Waals surface area contributed by atoms with Gasteiger partial charge in [-0.05, 0) is 12.3 Å². The maximum absolute atomic E-state index is 11.4. The van der Waals surface area contributed by atoms with Crippen LogP contribution in [-0.2, 0) is 4.79 Å². The van der Waals surface area contributed by atoms with Crippen LogP contribution in [0.5, 0.6) is 0 Å². The van der Waals surface area contributed by atoms with Crippen LogP contribution in [0, 0.1) is 5.92 Å². The van der Waals surface area contributed by atoms with Gasteiger partial charge in [0.25, 0.3) is 0 Å². The molecule has 82 valence electrons. The molecule has 14 heavy (non-hydrogen) atoms. The second-order valence-corrected chi connectivity index (χ2v) is 3.67. The van der Waals surface area contributed by atoms with E-state index in [1.54, 1.807) is 5.01 Å². The number of nitrogens with zero attached hydrogens (tertiary/aromatic N) is 1. The second-order valence-electron chi connectivity index (χ2n) is 3.67. The minimum atomic E-state index is 0.107. The molecule has 0 aromatic rings. The number of hydrogen-bond donors (Lipinski definition) is 1. The van der Waals surface area contributed by atoms with E-state index in [0.717, 1.165) is 13.0 Å². The molecule has 0 saturated carbocycles. The lowest BCUT2D eigenvalue weighted by atomic mass is 10.2. The van der Waals surface area contributed by atoms with Crippen molar-refractivity contribution in [3.8, 4) is 0 Å². The molecule has 0 heterocycles. The van der Waals surface area contributed by atoms with Crippen molar-refractivity contribution in [2.24, 2.45) is 5.92 Å². The first-order chi connectivity index (χ1) is 6.61. The zero-order valence-electron chi connectivity index (χ0n) is 9.71. The lowest BCUT2D eigenvalue weighted by Crippen LogP contribution is -2.40. The van der Waals surface area contributed by atoms with Crippen LogP contribution in [0.25, 0.3) is 0 Å². The first-order valence-corrected chi connectivity index (χ1v) is 5.34. The number of rotatable bonds is 6. The van der Waals surface area contributed by atoms with E-state index in [-0.39, 0.29) is 5.91 Å². The van der Waals surface area contributed by atoms with E-state index in [0.29, 0.717) is 12.3 Å². The van der Waals surface area contributed by atoms with Gasteiger partial charge >= 0.3 is 0 Å². The highest BCUT2D eigenvalue weighted by Gasteiger charge is 2.07. The van der Waals surface area contributed by atoms with Crippen molar-refractivity contribution < 1.29 is 4.79 Å². The van der Waals surface area contributed by atoms with Crippen LogP contribution in [0.4, 0.5) is 0 Å². The molecule has 3 heteroatoms. The average molecular weight is 198 g/mol. The van der Waals surface area contributed by atoms with E-state index in [1.807, 2.05) is 26.1 Å². The standard InChI is InChI=1S/C11H22N2O/c1-5-7-8-13(11(14)6-2)12-9-10(3)4/h7-8,10,12H,5-6,9H2,1-4H3. The van der Waals surface area contributed by atoms with Crippen LogP contribution in [0.3, 0.4) is 0 Å². The zero-order chi connectivity index (χ0) is 11.0. The molecular weight excluding hydrogens is 176 g/mol. The molecule has 1 N–H and O–H groups in total. The Hall–Kier alpha value is -0.830. The van der Waals surface area contributed by atoms with Gasteiger partial charge in [0.1, 0.15) is 0 Å². The molecule has 0 bridgehead atoms. The molecule has 0 radical (unpaired) electrons. The highest BCUT2D eigenvalue weighted by molar-refractivity contribution is 5.76. The first kappa shape index (κ1) is 13.2. The molecule has 1 amide bonds. The van der Waals surface area contributed by atoms with Gasteiger partial charge in [0.15, 0.2) is 0 Å². The SMILES string of the molecule is CCC=CN(NCC(C)C)C(=O)CC. The summed E-state index contributed by atoms with van der Waals surface area (Å²) in [7, 11) is 0. The fourth-order valence-electron chi connectivity index (χ4n) is 0.886. The second kappa shape index (κ2) is 7.56. The number of carbonyl (C=O) groups excluding carboxylic acids is 1. The lowest BCUT2D eigenvalue weighted by Gasteiger charge is -2.20. The van der Waals surface area contributed by atoms with Crippen LogP contribution in [-0.4, -0.2) is 17.5 Å². The highest BCUT2D eigenvalue weighted by Crippen LogP contribution is 1.95. The Bertz CT molecular complexity index is 188. The van der Waals surface area contributed by atoms with Crippen molar-refractivity contribution in [3.05, 3.63) is 12.3 Å². The smallest absolute Gasteiger partial charge is 0.240 e. The van der Waals surface area contributed by atoms with E-state index >= 15 is 0 Å². The summed E-state index contributed by atoms with van der Waals surface area (Å²) in [6.45, 7) is 8.97. The van der Waals surface area contributed by atoms with Gasteiger partial charge in [0.2, 0.25) is 5.91 Å². The third kappa shape index (κ3) is 5.75. The monoisotopic (exact) mass is 198 g/mol. The largest absolute Gasteiger partial charge is 0.273 e. The number of nitrogens with one attached hydrogen (secondary N) is 1. The molecule has 0 saturated heterocycles. The van der Waals surface area contributed by atoms with E-state index in [2.05, 4.69) is 19.3 Å². The Kier molecular flexibility index (Phi) is 7.11. The number of amides is 1. The molecule has 0 aromatic heterocycles. The van der Waals surface area contributed by atoms with Gasteiger partial charge < -0.3 is 0 Å². The third-order valence-electron chi connectivity index (χ3n) is 1.73. The molecule has 0 unspecified atom stereocenters. The molecule has 0 spiro atoms. The van der Waals surface area contributed by atoms with Crippen molar-refractivity contribution in [2.75, 3.05) is 6.54 Å². The first-order valence-electron chi connectivity index (χ1n) is 5.34. The van der Waals surface area contributed by atoms with Crippen molar-refractivity contribution in [2.45, 2.75) is 40.5 Å². The average Bonchev–Trinajstić information content (AvgIpc) is 2.16. The van der Waals surface area contributed by atoms with E-state index in [4.69, 9.17) is 0 Å². The van der Waals surface area contributed by atoms with Gasteiger partial charge in [0, 0.05) is 19.2 Å². The highest BCUT2D eigenvalue weighted by atomic mass is 16.2. The van der Waals surface area contributed by atoms with Crippen LogP contribution in [0.15, 0.2) is 12.3 Å². The predicted molar refractivity (Wildman–Crippen MR) is 59.4 cm³/mol. The van der Waals surface area contributed by atoms with Crippen molar-refractivity contribution in [3.63, 3.8) is 0 Å². The lowest BCUT2D eigenvalue weighted by molar-refractivity contribution is -0.130. The Morgan fingerprint density at radius 1 is 1.43 bits per heavy atom. The van der Waals surface area contributed by atoms with Crippen molar-refractivity contribution in [1.29, 1.82) is 0 Å². The van der Waals surface area contributed by atoms with Crippen LogP contribution in [0.1, 0.15) is 40.5 Å². The maximum Gasteiger partial charge on any atom is 0.240 e. The normalized spacial score (nSPS) is 11.2. The van der Waals surface area contributed by atoms with E-state index < -0.39 is 0 Å². The molecule has 0 fully saturated rings. The summed E-state index contributed by atoms with van der Waals surface area (Å²) in [6.07, 6.45) is 5.26. The molecule has 3 nitrogen and oxygen atoms in total. The molecule has 0 aliphatic heterocycles. The summed E-state index contributed by atoms with van der Waals surface area (Å²) in [5.74, 6) is 0.646. The summed E-state index contributed by atoms with van der Waals surface area (Å²) >= 11 is 0. The molecule has 0 aromatic carbocycles. The summed E-state index contributed by atoms with van der Waals surface area (Å²) in [4.78, 5) is 11.4. The maximum atomic E-state index is 11.4. The van der Waals surface area contributed by atoms with Gasteiger partial charge in [-0.1, -0.05) is 33.8 Å². The Morgan fingerprint density at radius 2 is 2.07 bits per heavy atom. The Morgan fingerprint density at radius 3 is 2.50 bits per heavy atom. The quantitative estimate of drug-likeness (QED) is 0.664. The minimum absolute atomic E-state index is 0.107. The minimum Gasteiger partial charge on any atom is -0.273 e. The number of carbonyl (C=O) groups is 1. The molecule has 0 aliphatic rings. The summed E-state index contributed by atoms with van der Waals surface area (Å²) in [5, 5.41) is 1.59. The van der Waals surface area contributed by atoms with Gasteiger partial charge in [0.05, 0.1) is 0 Å². The fourth-order valence-corrected chi connectivity index (χ4v) is 0.886. The van der Waals surface area contributed by atoms with Gasteiger partial charge in [-0.25, -0.2) is 5.43 Å². The summed E-state index contributed by atoms with van der Waals surface area (Å²) in [6, 6.07) is 0. The van der Waals surface area contributed by atoms with Crippen LogP contribution in [0.2, 0.25) is 0 Å². The van der Waals surface area contributed by atoms with Crippen LogP contribution < -0.4 is 5.43 Å². The molecular formula is C11H22N2O. The van der Waals surface area contributed by atoms with Crippen LogP contribution >= 0.6 is 0 Å². The number of hydrogen-bond acceptors (Lipinski definition) is 2. The molecule has 0 aliphatic carbocycles. The van der Waals surface area contributed by atoms with E-state index in [1.165, 1.54) is 0 Å². The fraction of sp³-hybridized carbons (Fsp3) is 0.727. The van der Waals surface area contributed by atoms with Crippen molar-refractivity contribution >= 4 is 5.91 Å². The van der Waals surface area contributed by atoms with Crippen molar-refractivity contribution in [1.82, 2.24) is 10.4 Å². The van der Waals surface area contributed by atoms with Gasteiger partial charge in [-0.2, -0.15) is 0 Å². The topological polar surface area (TPSA) is 32.3 Å². The summed E-state index contributed by atoms with van der Waals surface area (Å²) in [5.41, 5.74) is 3.10. The number of hydrazine groups is 1. The Balaban J connectivity index is 4.10. The predicted octanol–water partition coefficient (Wildman–Crippen LogP) is 2.31. The number of allylic oxidation sites excluding steroid dienone is 1. The van der Waals surface area contributed by atoms with Gasteiger partial charge in [-0.15, -0.1) is 0 Å². The molecule has 0 atom stereocenters. The van der Waals surface area contributed by atoms with Gasteiger partial charge in [-0.3, -0.25) is 9.80 Å². The van der Waals surface area contributed by atoms with E-state index in [9.17, 15) is 4.79 Å². The molecule has 0 rings (SSSR count). The zero-order valence-corrected chi connectivity index (χ0v) is 9.71. The Labute approximate surface area is 87.1 Å².